The predicted molar refractivity (Wildman–Crippen MR) is 109 cm³/mol. The van der Waals surface area contributed by atoms with E-state index in [0.29, 0.717) is 11.6 Å². The van der Waals surface area contributed by atoms with Crippen LogP contribution >= 0.6 is 0 Å². The molecule has 30 heavy (non-hydrogen) atoms. The topological polar surface area (TPSA) is 113 Å². The van der Waals surface area contributed by atoms with E-state index >= 15 is 0 Å². The van der Waals surface area contributed by atoms with Crippen molar-refractivity contribution in [2.45, 2.75) is 26.2 Å². The Labute approximate surface area is 172 Å². The molecule has 152 valence electrons. The van der Waals surface area contributed by atoms with Gasteiger partial charge in [-0.05, 0) is 18.2 Å². The Balaban J connectivity index is 1.67. The zero-order valence-corrected chi connectivity index (χ0v) is 16.6. The van der Waals surface area contributed by atoms with Gasteiger partial charge in [0.25, 0.3) is 0 Å². The minimum atomic E-state index is -0.685. The van der Waals surface area contributed by atoms with Crippen LogP contribution in [-0.2, 0) is 5.41 Å². The molecule has 0 aliphatic heterocycles. The maximum atomic E-state index is 14.4. The summed E-state index contributed by atoms with van der Waals surface area (Å²) in [6, 6.07) is 9.90. The number of carbonyl (C=O) groups is 1. The molecule has 3 aromatic rings. The molecule has 2 heterocycles. The molecule has 0 atom stereocenters. The molecular formula is C21H19FN6O2. The Kier molecular flexibility index (Phi) is 5.88. The molecule has 0 aliphatic rings. The number of halogens is 1. The van der Waals surface area contributed by atoms with Crippen molar-refractivity contribution >= 4 is 17.5 Å². The normalized spacial score (nSPS) is 10.8. The fraction of sp³-hybridized carbons (Fsp3) is 0.190. The second kappa shape index (κ2) is 8.53. The second-order valence-electron chi connectivity index (χ2n) is 7.35. The van der Waals surface area contributed by atoms with E-state index < -0.39 is 11.8 Å². The molecule has 0 aliphatic carbocycles. The molecule has 1 aromatic carbocycles. The van der Waals surface area contributed by atoms with Gasteiger partial charge in [0.2, 0.25) is 0 Å². The third-order valence-electron chi connectivity index (χ3n) is 3.95. The Morgan fingerprint density at radius 3 is 2.53 bits per heavy atom. The molecular weight excluding hydrogens is 387 g/mol. The maximum absolute atomic E-state index is 14.4. The lowest BCUT2D eigenvalue weighted by Crippen LogP contribution is -2.22. The Hall–Kier alpha value is -4.06. The van der Waals surface area contributed by atoms with Gasteiger partial charge in [0.05, 0.1) is 11.4 Å². The number of pyridine rings is 1. The van der Waals surface area contributed by atoms with Crippen LogP contribution in [0.25, 0.3) is 0 Å². The molecule has 2 amide bonds. The number of hydrogen-bond donors (Lipinski definition) is 2. The number of benzene rings is 1. The monoisotopic (exact) mass is 406 g/mol. The molecule has 0 unspecified atom stereocenters. The van der Waals surface area contributed by atoms with Crippen molar-refractivity contribution in [3.8, 4) is 17.6 Å². The number of nitrogens with zero attached hydrogens (tertiary/aromatic N) is 4. The number of amides is 2. The number of hydrogen-bond acceptors (Lipinski definition) is 6. The van der Waals surface area contributed by atoms with Crippen LogP contribution in [0.3, 0.4) is 0 Å². The standard InChI is InChI=1S/C21H19FN6O2/c1-21(2,3)18-10-19(26-12-25-18)28-20(29)27-17-5-4-14(9-16(17)22)30-15-6-7-24-13(8-15)11-23/h4-10,12H,1-3H3,(H2,25,26,27,28,29). The summed E-state index contributed by atoms with van der Waals surface area (Å²) in [5, 5.41) is 13.9. The van der Waals surface area contributed by atoms with Crippen LogP contribution in [0.2, 0.25) is 0 Å². The van der Waals surface area contributed by atoms with Crippen LogP contribution in [0.4, 0.5) is 20.7 Å². The molecule has 0 bridgehead atoms. The molecule has 0 radical (unpaired) electrons. The van der Waals surface area contributed by atoms with E-state index in [1.54, 1.807) is 12.1 Å². The van der Waals surface area contributed by atoms with Gasteiger partial charge in [-0.25, -0.2) is 24.1 Å². The van der Waals surface area contributed by atoms with Gasteiger partial charge < -0.3 is 10.1 Å². The smallest absolute Gasteiger partial charge is 0.324 e. The zero-order chi connectivity index (χ0) is 21.7. The van der Waals surface area contributed by atoms with Gasteiger partial charge in [0.15, 0.2) is 0 Å². The first kappa shape index (κ1) is 20.7. The molecule has 0 saturated carbocycles. The Bertz CT molecular complexity index is 1120. The van der Waals surface area contributed by atoms with Gasteiger partial charge >= 0.3 is 6.03 Å². The predicted octanol–water partition coefficient (Wildman–Crippen LogP) is 4.62. The molecule has 9 heteroatoms. The highest BCUT2D eigenvalue weighted by Crippen LogP contribution is 2.26. The first-order valence-electron chi connectivity index (χ1n) is 8.99. The van der Waals surface area contributed by atoms with Gasteiger partial charge in [0, 0.05) is 29.8 Å². The number of nitrogens with one attached hydrogen (secondary N) is 2. The van der Waals surface area contributed by atoms with E-state index in [9.17, 15) is 9.18 Å². The summed E-state index contributed by atoms with van der Waals surface area (Å²) in [4.78, 5) is 24.3. The zero-order valence-electron chi connectivity index (χ0n) is 16.6. The van der Waals surface area contributed by atoms with Crippen LogP contribution in [-0.4, -0.2) is 21.0 Å². The lowest BCUT2D eigenvalue weighted by molar-refractivity contribution is 0.262. The molecule has 0 spiro atoms. The average molecular weight is 406 g/mol. The van der Waals surface area contributed by atoms with Gasteiger partial charge in [-0.3, -0.25) is 5.32 Å². The Morgan fingerprint density at radius 1 is 1.07 bits per heavy atom. The van der Waals surface area contributed by atoms with Crippen molar-refractivity contribution in [3.05, 3.63) is 66.1 Å². The SMILES string of the molecule is CC(C)(C)c1cc(NC(=O)Nc2ccc(Oc3ccnc(C#N)c3)cc2F)ncn1. The number of rotatable bonds is 4. The van der Waals surface area contributed by atoms with E-state index in [2.05, 4.69) is 25.6 Å². The summed E-state index contributed by atoms with van der Waals surface area (Å²) in [5.41, 5.74) is 0.705. The lowest BCUT2D eigenvalue weighted by atomic mass is 9.92. The number of ether oxygens (including phenoxy) is 1. The highest BCUT2D eigenvalue weighted by molar-refractivity contribution is 5.99. The molecule has 8 nitrogen and oxygen atoms in total. The largest absolute Gasteiger partial charge is 0.457 e. The van der Waals surface area contributed by atoms with E-state index in [0.717, 1.165) is 11.8 Å². The van der Waals surface area contributed by atoms with Crippen LogP contribution in [0, 0.1) is 17.1 Å². The van der Waals surface area contributed by atoms with Crippen molar-refractivity contribution in [3.63, 3.8) is 0 Å². The minimum Gasteiger partial charge on any atom is -0.457 e. The summed E-state index contributed by atoms with van der Waals surface area (Å²) >= 11 is 0. The Morgan fingerprint density at radius 2 is 1.83 bits per heavy atom. The summed E-state index contributed by atoms with van der Waals surface area (Å²) in [6.07, 6.45) is 2.78. The molecule has 2 N–H and O–H groups in total. The van der Waals surface area contributed by atoms with Crippen molar-refractivity contribution in [2.24, 2.45) is 0 Å². The van der Waals surface area contributed by atoms with Gasteiger partial charge in [0.1, 0.15) is 41.2 Å². The van der Waals surface area contributed by atoms with E-state index in [-0.39, 0.29) is 22.5 Å². The number of aromatic nitrogens is 3. The fourth-order valence-electron chi connectivity index (χ4n) is 2.44. The van der Waals surface area contributed by atoms with Gasteiger partial charge in [-0.2, -0.15) is 5.26 Å². The maximum Gasteiger partial charge on any atom is 0.324 e. The minimum absolute atomic E-state index is 0.0302. The highest BCUT2D eigenvalue weighted by atomic mass is 19.1. The molecule has 3 rings (SSSR count). The summed E-state index contributed by atoms with van der Waals surface area (Å²) in [7, 11) is 0. The van der Waals surface area contributed by atoms with Crippen LogP contribution < -0.4 is 15.4 Å². The van der Waals surface area contributed by atoms with Crippen molar-refractivity contribution in [1.82, 2.24) is 15.0 Å². The van der Waals surface area contributed by atoms with Gasteiger partial charge in [-0.1, -0.05) is 20.8 Å². The van der Waals surface area contributed by atoms with Crippen molar-refractivity contribution in [2.75, 3.05) is 10.6 Å². The van der Waals surface area contributed by atoms with E-state index in [1.807, 2.05) is 26.8 Å². The third-order valence-corrected chi connectivity index (χ3v) is 3.95. The first-order chi connectivity index (χ1) is 14.2. The summed E-state index contributed by atoms with van der Waals surface area (Å²) < 4.78 is 19.9. The molecule has 0 saturated heterocycles. The second-order valence-corrected chi connectivity index (χ2v) is 7.35. The summed E-state index contributed by atoms with van der Waals surface area (Å²) in [5.74, 6) is 0.172. The highest BCUT2D eigenvalue weighted by Gasteiger charge is 2.17. The lowest BCUT2D eigenvalue weighted by Gasteiger charge is -2.18. The van der Waals surface area contributed by atoms with E-state index in [4.69, 9.17) is 10.00 Å². The number of anilines is 2. The van der Waals surface area contributed by atoms with Crippen LogP contribution in [0.5, 0.6) is 11.5 Å². The number of carbonyl (C=O) groups excluding carboxylic acids is 1. The van der Waals surface area contributed by atoms with Crippen molar-refractivity contribution in [1.29, 1.82) is 5.26 Å². The average Bonchev–Trinajstić information content (AvgIpc) is 2.70. The van der Waals surface area contributed by atoms with Crippen LogP contribution in [0.15, 0.2) is 48.9 Å². The first-order valence-corrected chi connectivity index (χ1v) is 8.99. The summed E-state index contributed by atoms with van der Waals surface area (Å²) in [6.45, 7) is 5.97. The number of urea groups is 1. The molecule has 0 fully saturated rings. The van der Waals surface area contributed by atoms with Crippen LogP contribution in [0.1, 0.15) is 32.2 Å². The molecule has 2 aromatic heterocycles. The van der Waals surface area contributed by atoms with Gasteiger partial charge in [-0.15, -0.1) is 0 Å². The number of nitriles is 1. The quantitative estimate of drug-likeness (QED) is 0.654. The third kappa shape index (κ3) is 5.26. The van der Waals surface area contributed by atoms with Crippen molar-refractivity contribution < 1.29 is 13.9 Å². The fourth-order valence-corrected chi connectivity index (χ4v) is 2.44. The van der Waals surface area contributed by atoms with E-state index in [1.165, 1.54) is 30.7 Å².